The topological polar surface area (TPSA) is 88.5 Å². The Balaban J connectivity index is 1.57. The molecule has 0 unspecified atom stereocenters. The molecule has 0 bridgehead atoms. The number of rotatable bonds is 3. The van der Waals surface area contributed by atoms with Gasteiger partial charge in [0.1, 0.15) is 11.3 Å². The zero-order valence-electron chi connectivity index (χ0n) is 14.9. The second-order valence-electron chi connectivity index (χ2n) is 7.18. The van der Waals surface area contributed by atoms with Crippen LogP contribution < -0.4 is 0 Å². The summed E-state index contributed by atoms with van der Waals surface area (Å²) in [6, 6.07) is 3.83. The van der Waals surface area contributed by atoms with Crippen LogP contribution in [0.3, 0.4) is 0 Å². The summed E-state index contributed by atoms with van der Waals surface area (Å²) in [6.07, 6.45) is 8.23. The molecule has 8 heteroatoms. The van der Waals surface area contributed by atoms with E-state index < -0.39 is 5.60 Å². The first-order chi connectivity index (χ1) is 12.5. The Hall–Kier alpha value is -2.74. The van der Waals surface area contributed by atoms with Crippen LogP contribution in [0.15, 0.2) is 37.1 Å². The smallest absolute Gasteiger partial charge is 0.255 e. The lowest BCUT2D eigenvalue weighted by Gasteiger charge is -2.38. The van der Waals surface area contributed by atoms with Crippen molar-refractivity contribution in [2.24, 2.45) is 0 Å². The van der Waals surface area contributed by atoms with Gasteiger partial charge in [-0.1, -0.05) is 5.21 Å². The van der Waals surface area contributed by atoms with Crippen molar-refractivity contribution < 1.29 is 9.90 Å². The monoisotopic (exact) mass is 354 g/mol. The molecule has 136 valence electrons. The fourth-order valence-electron chi connectivity index (χ4n) is 3.39. The highest BCUT2D eigenvalue weighted by Gasteiger charge is 2.39. The summed E-state index contributed by atoms with van der Waals surface area (Å²) in [7, 11) is 0. The molecule has 1 N–H and O–H groups in total. The molecule has 1 saturated heterocycles. The molecule has 1 atom stereocenters. The molecule has 3 aromatic heterocycles. The number of hydrogen-bond acceptors (Lipinski definition) is 5. The number of aromatic nitrogens is 5. The van der Waals surface area contributed by atoms with Gasteiger partial charge in [-0.25, -0.2) is 9.67 Å². The normalized spacial score (nSPS) is 20.8. The molecule has 0 spiro atoms. The standard InChI is InChI=1S/C18H22N6O2/c1-13(2)24-10-16(20-21-24)18(26)6-3-7-22(11-18)17(25)14-4-5-15-8-19-12-23(15)9-14/h4-5,8-10,12-13,26H,3,6-7,11H2,1-2H3/t18-/m1/s1. The lowest BCUT2D eigenvalue weighted by atomic mass is 9.89. The van der Waals surface area contributed by atoms with Crippen molar-refractivity contribution in [2.45, 2.75) is 38.3 Å². The predicted molar refractivity (Wildman–Crippen MR) is 94.6 cm³/mol. The van der Waals surface area contributed by atoms with E-state index in [0.717, 1.165) is 5.52 Å². The number of piperidine rings is 1. The van der Waals surface area contributed by atoms with E-state index in [9.17, 15) is 9.90 Å². The first kappa shape index (κ1) is 16.7. The van der Waals surface area contributed by atoms with Gasteiger partial charge in [-0.15, -0.1) is 5.10 Å². The molecular formula is C18H22N6O2. The summed E-state index contributed by atoms with van der Waals surface area (Å²) >= 11 is 0. The zero-order valence-corrected chi connectivity index (χ0v) is 14.9. The first-order valence-electron chi connectivity index (χ1n) is 8.82. The molecular weight excluding hydrogens is 332 g/mol. The minimum atomic E-state index is -1.17. The molecule has 8 nitrogen and oxygen atoms in total. The number of carbonyl (C=O) groups excluding carboxylic acids is 1. The Labute approximate surface area is 151 Å². The number of likely N-dealkylation sites (tertiary alicyclic amines) is 1. The third-order valence-electron chi connectivity index (χ3n) is 4.93. The maximum Gasteiger partial charge on any atom is 0.255 e. The summed E-state index contributed by atoms with van der Waals surface area (Å²) < 4.78 is 3.54. The largest absolute Gasteiger partial charge is 0.382 e. The number of aliphatic hydroxyl groups is 1. The fraction of sp³-hybridized carbons (Fsp3) is 0.444. The average Bonchev–Trinajstić information content (AvgIpc) is 3.30. The van der Waals surface area contributed by atoms with Crippen molar-refractivity contribution in [1.82, 2.24) is 29.3 Å². The van der Waals surface area contributed by atoms with Gasteiger partial charge in [0.15, 0.2) is 0 Å². The van der Waals surface area contributed by atoms with E-state index in [1.54, 1.807) is 40.6 Å². The summed E-state index contributed by atoms with van der Waals surface area (Å²) in [5.74, 6) is -0.102. The second kappa shape index (κ2) is 6.21. The average molecular weight is 354 g/mol. The third kappa shape index (κ3) is 2.86. The SMILES string of the molecule is CC(C)n1cc([C@@]2(O)CCCN(C(=O)c3ccc4cncn4c3)C2)nn1. The van der Waals surface area contributed by atoms with Gasteiger partial charge < -0.3 is 14.4 Å². The van der Waals surface area contributed by atoms with Gasteiger partial charge in [-0.2, -0.15) is 0 Å². The van der Waals surface area contributed by atoms with Gasteiger partial charge in [0.25, 0.3) is 5.91 Å². The van der Waals surface area contributed by atoms with E-state index in [2.05, 4.69) is 15.3 Å². The van der Waals surface area contributed by atoms with E-state index in [0.29, 0.717) is 30.6 Å². The summed E-state index contributed by atoms with van der Waals surface area (Å²) in [4.78, 5) is 18.7. The van der Waals surface area contributed by atoms with Crippen molar-refractivity contribution in [3.63, 3.8) is 0 Å². The van der Waals surface area contributed by atoms with E-state index in [1.807, 2.05) is 24.3 Å². The maximum atomic E-state index is 12.9. The molecule has 1 aliphatic rings. The Bertz CT molecular complexity index is 946. The fourth-order valence-corrected chi connectivity index (χ4v) is 3.39. The molecule has 1 fully saturated rings. The van der Waals surface area contributed by atoms with Crippen LogP contribution in [-0.2, 0) is 5.60 Å². The van der Waals surface area contributed by atoms with Crippen molar-refractivity contribution in [3.8, 4) is 0 Å². The molecule has 4 heterocycles. The lowest BCUT2D eigenvalue weighted by molar-refractivity contribution is -0.0320. The molecule has 0 saturated carbocycles. The minimum absolute atomic E-state index is 0.102. The number of amides is 1. The highest BCUT2D eigenvalue weighted by molar-refractivity contribution is 5.94. The highest BCUT2D eigenvalue weighted by Crippen LogP contribution is 2.31. The van der Waals surface area contributed by atoms with Gasteiger partial charge in [0.05, 0.1) is 36.3 Å². The molecule has 1 aliphatic heterocycles. The van der Waals surface area contributed by atoms with Crippen LogP contribution >= 0.6 is 0 Å². The van der Waals surface area contributed by atoms with E-state index in [-0.39, 0.29) is 18.5 Å². The Kier molecular flexibility index (Phi) is 3.99. The lowest BCUT2D eigenvalue weighted by Crippen LogP contribution is -2.48. The zero-order chi connectivity index (χ0) is 18.3. The summed E-state index contributed by atoms with van der Waals surface area (Å²) in [5.41, 5.74) is 0.863. The van der Waals surface area contributed by atoms with Crippen LogP contribution in [0.5, 0.6) is 0 Å². The van der Waals surface area contributed by atoms with Crippen molar-refractivity contribution in [1.29, 1.82) is 0 Å². The van der Waals surface area contributed by atoms with E-state index in [4.69, 9.17) is 0 Å². The van der Waals surface area contributed by atoms with Gasteiger partial charge >= 0.3 is 0 Å². The quantitative estimate of drug-likeness (QED) is 0.772. The Morgan fingerprint density at radius 1 is 1.31 bits per heavy atom. The molecule has 0 aliphatic carbocycles. The number of carbonyl (C=O) groups is 1. The molecule has 26 heavy (non-hydrogen) atoms. The maximum absolute atomic E-state index is 12.9. The number of imidazole rings is 1. The molecule has 1 amide bonds. The van der Waals surface area contributed by atoms with Crippen LogP contribution in [-0.4, -0.2) is 53.4 Å². The van der Waals surface area contributed by atoms with Crippen molar-refractivity contribution in [3.05, 3.63) is 48.3 Å². The number of pyridine rings is 1. The number of nitrogens with zero attached hydrogens (tertiary/aromatic N) is 6. The van der Waals surface area contributed by atoms with Crippen LogP contribution in [0.1, 0.15) is 48.8 Å². The molecule has 3 aromatic rings. The van der Waals surface area contributed by atoms with Crippen molar-refractivity contribution in [2.75, 3.05) is 13.1 Å². The van der Waals surface area contributed by atoms with Gasteiger partial charge in [0, 0.05) is 18.8 Å². The number of β-amino-alcohol motifs (C(OH)–C–C–N with tert-alkyl or cyclic N) is 1. The molecule has 4 rings (SSSR count). The number of fused-ring (bicyclic) bond motifs is 1. The second-order valence-corrected chi connectivity index (χ2v) is 7.18. The number of hydrogen-bond donors (Lipinski definition) is 1. The van der Waals surface area contributed by atoms with Crippen molar-refractivity contribution >= 4 is 11.4 Å². The predicted octanol–water partition coefficient (Wildman–Crippen LogP) is 1.63. The first-order valence-corrected chi connectivity index (χ1v) is 8.82. The summed E-state index contributed by atoms with van der Waals surface area (Å²) in [5, 5.41) is 19.3. The molecule has 0 radical (unpaired) electrons. The Morgan fingerprint density at radius 2 is 2.15 bits per heavy atom. The minimum Gasteiger partial charge on any atom is -0.382 e. The third-order valence-corrected chi connectivity index (χ3v) is 4.93. The van der Waals surface area contributed by atoms with E-state index >= 15 is 0 Å². The van der Waals surface area contributed by atoms with Gasteiger partial charge in [-0.05, 0) is 38.8 Å². The van der Waals surface area contributed by atoms with Crippen LogP contribution in [0.4, 0.5) is 0 Å². The van der Waals surface area contributed by atoms with Crippen LogP contribution in [0.2, 0.25) is 0 Å². The molecule has 0 aromatic carbocycles. The van der Waals surface area contributed by atoms with Crippen LogP contribution in [0.25, 0.3) is 5.52 Å². The van der Waals surface area contributed by atoms with Gasteiger partial charge in [0.2, 0.25) is 0 Å². The summed E-state index contributed by atoms with van der Waals surface area (Å²) in [6.45, 7) is 4.84. The Morgan fingerprint density at radius 3 is 2.92 bits per heavy atom. The van der Waals surface area contributed by atoms with Crippen LogP contribution in [0, 0.1) is 0 Å². The van der Waals surface area contributed by atoms with E-state index in [1.165, 1.54) is 0 Å². The highest BCUT2D eigenvalue weighted by atomic mass is 16.3. The van der Waals surface area contributed by atoms with Gasteiger partial charge in [-0.3, -0.25) is 4.79 Å².